The van der Waals surface area contributed by atoms with Crippen molar-refractivity contribution in [1.29, 1.82) is 0 Å². The minimum Gasteiger partial charge on any atom is -0.480 e. The molecule has 2 N–H and O–H groups in total. The Balaban J connectivity index is 2.15. The Hall–Kier alpha value is -1.14. The van der Waals surface area contributed by atoms with Crippen LogP contribution in [-0.4, -0.2) is 22.9 Å². The fraction of sp³-hybridized carbons (Fsp3) is 0.417. The van der Waals surface area contributed by atoms with Crippen molar-refractivity contribution >= 4 is 17.7 Å². The Morgan fingerprint density at radius 3 is 2.94 bits per heavy atom. The number of thioether (sulfide) groups is 1. The molecule has 1 heterocycles. The molecular formula is C12H13F2NO2S. The first-order chi connectivity index (χ1) is 8.58. The van der Waals surface area contributed by atoms with Crippen LogP contribution in [0.1, 0.15) is 29.3 Å². The van der Waals surface area contributed by atoms with E-state index in [-0.39, 0.29) is 10.9 Å². The van der Waals surface area contributed by atoms with Gasteiger partial charge in [0, 0.05) is 5.56 Å². The molecule has 1 aromatic rings. The van der Waals surface area contributed by atoms with Gasteiger partial charge in [0.1, 0.15) is 6.04 Å². The lowest BCUT2D eigenvalue weighted by Gasteiger charge is -2.28. The molecule has 2 atom stereocenters. The summed E-state index contributed by atoms with van der Waals surface area (Å²) in [5.74, 6) is -0.196. The van der Waals surface area contributed by atoms with E-state index in [0.29, 0.717) is 17.7 Å². The molecule has 0 radical (unpaired) electrons. The van der Waals surface area contributed by atoms with Crippen LogP contribution in [0.3, 0.4) is 0 Å². The summed E-state index contributed by atoms with van der Waals surface area (Å²) >= 11 is 1.54. The van der Waals surface area contributed by atoms with Crippen LogP contribution < -0.4 is 5.32 Å². The highest BCUT2D eigenvalue weighted by molar-refractivity contribution is 7.99. The van der Waals surface area contributed by atoms with Crippen LogP contribution in [-0.2, 0) is 4.79 Å². The maximum Gasteiger partial charge on any atom is 0.320 e. The van der Waals surface area contributed by atoms with Crippen LogP contribution in [0.2, 0.25) is 0 Å². The Bertz CT molecular complexity index is 442. The van der Waals surface area contributed by atoms with E-state index < -0.39 is 18.4 Å². The van der Waals surface area contributed by atoms with Crippen LogP contribution in [0.4, 0.5) is 8.78 Å². The van der Waals surface area contributed by atoms with Gasteiger partial charge in [-0.15, -0.1) is 11.8 Å². The summed E-state index contributed by atoms with van der Waals surface area (Å²) in [6.45, 7) is 0. The molecule has 0 saturated carbocycles. The highest BCUT2D eigenvalue weighted by atomic mass is 32.2. The zero-order chi connectivity index (χ0) is 13.1. The van der Waals surface area contributed by atoms with E-state index >= 15 is 0 Å². The third kappa shape index (κ3) is 3.00. The van der Waals surface area contributed by atoms with Gasteiger partial charge in [-0.1, -0.05) is 18.2 Å². The molecule has 18 heavy (non-hydrogen) atoms. The van der Waals surface area contributed by atoms with Crippen molar-refractivity contribution in [2.75, 3.05) is 5.75 Å². The summed E-state index contributed by atoms with van der Waals surface area (Å²) in [5.41, 5.74) is 0.663. The molecule has 1 fully saturated rings. The summed E-state index contributed by atoms with van der Waals surface area (Å²) in [6.07, 6.45) is -1.96. The molecule has 0 bridgehead atoms. The molecule has 0 spiro atoms. The Morgan fingerprint density at radius 2 is 2.28 bits per heavy atom. The van der Waals surface area contributed by atoms with Gasteiger partial charge in [0.25, 0.3) is 6.43 Å². The molecule has 2 unspecified atom stereocenters. The van der Waals surface area contributed by atoms with Gasteiger partial charge in [-0.25, -0.2) is 8.78 Å². The fourth-order valence-corrected chi connectivity index (χ4v) is 3.07. The summed E-state index contributed by atoms with van der Waals surface area (Å²) < 4.78 is 25.2. The molecule has 0 aliphatic carbocycles. The molecule has 1 aromatic carbocycles. The molecule has 98 valence electrons. The van der Waals surface area contributed by atoms with Crippen molar-refractivity contribution in [3.05, 3.63) is 35.4 Å². The van der Waals surface area contributed by atoms with Crippen molar-refractivity contribution < 1.29 is 18.7 Å². The van der Waals surface area contributed by atoms with Gasteiger partial charge in [-0.3, -0.25) is 10.1 Å². The molecule has 3 nitrogen and oxygen atoms in total. The maximum absolute atomic E-state index is 12.6. The molecule has 6 heteroatoms. The molecule has 0 aromatic heterocycles. The van der Waals surface area contributed by atoms with Crippen LogP contribution in [0, 0.1) is 0 Å². The van der Waals surface area contributed by atoms with E-state index in [1.165, 1.54) is 23.9 Å². The number of halogens is 2. The van der Waals surface area contributed by atoms with Gasteiger partial charge in [-0.2, -0.15) is 0 Å². The topological polar surface area (TPSA) is 49.3 Å². The molecular weight excluding hydrogens is 260 g/mol. The minimum atomic E-state index is -2.51. The van der Waals surface area contributed by atoms with Crippen molar-refractivity contribution in [3.8, 4) is 0 Å². The van der Waals surface area contributed by atoms with Gasteiger partial charge in [0.15, 0.2) is 0 Å². The molecule has 1 saturated heterocycles. The molecule has 0 amide bonds. The van der Waals surface area contributed by atoms with Crippen molar-refractivity contribution in [3.63, 3.8) is 0 Å². The molecule has 1 aliphatic rings. The Labute approximate surface area is 108 Å². The average Bonchev–Trinajstić information content (AvgIpc) is 2.39. The number of nitrogens with one attached hydrogen (secondary N) is 1. The third-order valence-electron chi connectivity index (χ3n) is 2.81. The van der Waals surface area contributed by atoms with Crippen LogP contribution in [0.5, 0.6) is 0 Å². The van der Waals surface area contributed by atoms with Crippen LogP contribution >= 0.6 is 11.8 Å². The lowest BCUT2D eigenvalue weighted by molar-refractivity contribution is -0.139. The number of carboxylic acid groups (broad SMARTS) is 1. The van der Waals surface area contributed by atoms with Gasteiger partial charge >= 0.3 is 5.97 Å². The van der Waals surface area contributed by atoms with Crippen molar-refractivity contribution in [2.24, 2.45) is 0 Å². The van der Waals surface area contributed by atoms with Gasteiger partial charge in [0.2, 0.25) is 0 Å². The lowest BCUT2D eigenvalue weighted by Crippen LogP contribution is -2.41. The molecule has 2 rings (SSSR count). The fourth-order valence-electron chi connectivity index (χ4n) is 1.86. The minimum absolute atomic E-state index is 0.0349. The number of hydrogen-bond donors (Lipinski definition) is 2. The zero-order valence-electron chi connectivity index (χ0n) is 9.48. The number of carboxylic acids is 1. The van der Waals surface area contributed by atoms with Gasteiger partial charge in [0.05, 0.1) is 5.37 Å². The monoisotopic (exact) mass is 273 g/mol. The second-order valence-corrected chi connectivity index (χ2v) is 5.28. The number of benzene rings is 1. The number of rotatable bonds is 3. The Kier molecular flexibility index (Phi) is 4.19. The summed E-state index contributed by atoms with van der Waals surface area (Å²) in [6, 6.07) is 5.51. The van der Waals surface area contributed by atoms with E-state index in [1.807, 2.05) is 0 Å². The van der Waals surface area contributed by atoms with E-state index in [1.54, 1.807) is 12.1 Å². The maximum atomic E-state index is 12.6. The summed E-state index contributed by atoms with van der Waals surface area (Å²) in [7, 11) is 0. The lowest BCUT2D eigenvalue weighted by atomic mass is 10.1. The largest absolute Gasteiger partial charge is 0.480 e. The number of alkyl halides is 2. The van der Waals surface area contributed by atoms with Crippen molar-refractivity contribution in [1.82, 2.24) is 5.32 Å². The predicted octanol–water partition coefficient (Wildman–Crippen LogP) is 2.80. The average molecular weight is 273 g/mol. The first kappa shape index (κ1) is 13.3. The second kappa shape index (κ2) is 5.67. The SMILES string of the molecule is O=C(O)C1CCSC(c2cccc(C(F)F)c2)N1. The number of aliphatic carboxylic acids is 1. The second-order valence-electron chi connectivity index (χ2n) is 4.07. The number of hydrogen-bond acceptors (Lipinski definition) is 3. The first-order valence-electron chi connectivity index (χ1n) is 5.56. The Morgan fingerprint density at radius 1 is 1.50 bits per heavy atom. The smallest absolute Gasteiger partial charge is 0.320 e. The highest BCUT2D eigenvalue weighted by Crippen LogP contribution is 2.33. The standard InChI is InChI=1S/C12H13F2NO2S/c13-10(14)7-2-1-3-8(6-7)11-15-9(12(16)17)4-5-18-11/h1-3,6,9-11,15H,4-5H2,(H,16,17). The molecule has 1 aliphatic heterocycles. The number of carbonyl (C=O) groups is 1. The summed E-state index contributed by atoms with van der Waals surface area (Å²) in [5, 5.41) is 11.7. The summed E-state index contributed by atoms with van der Waals surface area (Å²) in [4.78, 5) is 10.9. The van der Waals surface area contributed by atoms with Gasteiger partial charge in [-0.05, 0) is 23.8 Å². The van der Waals surface area contributed by atoms with E-state index in [0.717, 1.165) is 0 Å². The quantitative estimate of drug-likeness (QED) is 0.889. The van der Waals surface area contributed by atoms with Crippen LogP contribution in [0.15, 0.2) is 24.3 Å². The van der Waals surface area contributed by atoms with Crippen molar-refractivity contribution in [2.45, 2.75) is 24.3 Å². The normalized spacial score (nSPS) is 24.2. The highest BCUT2D eigenvalue weighted by Gasteiger charge is 2.27. The van der Waals surface area contributed by atoms with E-state index in [2.05, 4.69) is 5.32 Å². The van der Waals surface area contributed by atoms with E-state index in [9.17, 15) is 13.6 Å². The van der Waals surface area contributed by atoms with Crippen LogP contribution in [0.25, 0.3) is 0 Å². The first-order valence-corrected chi connectivity index (χ1v) is 6.61. The predicted molar refractivity (Wildman–Crippen MR) is 65.8 cm³/mol. The van der Waals surface area contributed by atoms with Gasteiger partial charge < -0.3 is 5.11 Å². The zero-order valence-corrected chi connectivity index (χ0v) is 10.3. The third-order valence-corrected chi connectivity index (χ3v) is 4.02. The van der Waals surface area contributed by atoms with E-state index in [4.69, 9.17) is 5.11 Å².